The molecule has 7 heteroatoms. The minimum atomic E-state index is -0.393. The van der Waals surface area contributed by atoms with Gasteiger partial charge in [-0.1, -0.05) is 5.16 Å². The molecular formula is C12H12N4O3. The van der Waals surface area contributed by atoms with Crippen molar-refractivity contribution >= 4 is 5.91 Å². The lowest BCUT2D eigenvalue weighted by atomic mass is 10.3. The highest BCUT2D eigenvalue weighted by Gasteiger charge is 2.27. The third-order valence-electron chi connectivity index (χ3n) is 2.88. The zero-order valence-electron chi connectivity index (χ0n) is 10.0. The average Bonchev–Trinajstić information content (AvgIpc) is 3.13. The van der Waals surface area contributed by atoms with Crippen LogP contribution < -0.4 is 10.9 Å². The van der Waals surface area contributed by atoms with Crippen LogP contribution in [-0.2, 0) is 6.54 Å². The topological polar surface area (TPSA) is 101 Å². The second-order valence-electron chi connectivity index (χ2n) is 4.46. The molecule has 0 unspecified atom stereocenters. The first kappa shape index (κ1) is 11.6. The first-order valence-corrected chi connectivity index (χ1v) is 6.01. The number of hydrogen-bond donors (Lipinski definition) is 2. The van der Waals surface area contributed by atoms with Gasteiger partial charge in [0.25, 0.3) is 11.5 Å². The summed E-state index contributed by atoms with van der Waals surface area (Å²) >= 11 is 0. The Bertz CT molecular complexity index is 643. The minimum Gasteiger partial charge on any atom is -0.364 e. The van der Waals surface area contributed by atoms with Gasteiger partial charge in [-0.15, -0.1) is 0 Å². The number of aromatic nitrogens is 3. The molecule has 1 amide bonds. The fourth-order valence-electron chi connectivity index (χ4n) is 1.73. The Balaban J connectivity index is 1.73. The van der Waals surface area contributed by atoms with Crippen LogP contribution in [0.3, 0.4) is 0 Å². The molecule has 0 atom stereocenters. The summed E-state index contributed by atoms with van der Waals surface area (Å²) in [5, 5.41) is 6.32. The van der Waals surface area contributed by atoms with E-state index in [0.29, 0.717) is 11.5 Å². The number of aromatic amines is 1. The van der Waals surface area contributed by atoms with Crippen molar-refractivity contribution in [3.63, 3.8) is 0 Å². The van der Waals surface area contributed by atoms with Crippen LogP contribution in [-0.4, -0.2) is 21.0 Å². The summed E-state index contributed by atoms with van der Waals surface area (Å²) in [5.41, 5.74) is 0.443. The standard InChI is InChI=1S/C12H12N4O3/c17-10-5-9(14-11(15-10)7-1-2-7)12(18)13-6-8-3-4-19-16-8/h3-5,7H,1-2,6H2,(H,13,18)(H,14,15,17). The van der Waals surface area contributed by atoms with Crippen LogP contribution in [0.5, 0.6) is 0 Å². The van der Waals surface area contributed by atoms with Crippen molar-refractivity contribution in [1.29, 1.82) is 0 Å². The molecule has 0 aliphatic heterocycles. The lowest BCUT2D eigenvalue weighted by Gasteiger charge is -2.04. The van der Waals surface area contributed by atoms with E-state index in [4.69, 9.17) is 0 Å². The van der Waals surface area contributed by atoms with E-state index < -0.39 is 5.91 Å². The molecule has 0 bridgehead atoms. The fraction of sp³-hybridized carbons (Fsp3) is 0.333. The first-order chi connectivity index (χ1) is 9.22. The van der Waals surface area contributed by atoms with Crippen molar-refractivity contribution in [2.75, 3.05) is 0 Å². The number of rotatable bonds is 4. The molecule has 2 aromatic rings. The maximum Gasteiger partial charge on any atom is 0.270 e. The number of carbonyl (C=O) groups is 1. The lowest BCUT2D eigenvalue weighted by Crippen LogP contribution is -2.26. The Morgan fingerprint density at radius 1 is 1.53 bits per heavy atom. The predicted octanol–water partition coefficient (Wildman–Crippen LogP) is 0.565. The van der Waals surface area contributed by atoms with Gasteiger partial charge in [-0.3, -0.25) is 9.59 Å². The highest BCUT2D eigenvalue weighted by atomic mass is 16.5. The SMILES string of the molecule is O=C(NCc1ccon1)c1cc(=O)[nH]c(C2CC2)n1. The normalized spacial score (nSPS) is 14.3. The second-order valence-corrected chi connectivity index (χ2v) is 4.46. The largest absolute Gasteiger partial charge is 0.364 e. The molecular weight excluding hydrogens is 248 g/mol. The van der Waals surface area contributed by atoms with Gasteiger partial charge in [0, 0.05) is 18.1 Å². The van der Waals surface area contributed by atoms with Gasteiger partial charge in [0.15, 0.2) is 0 Å². The van der Waals surface area contributed by atoms with E-state index in [0.717, 1.165) is 12.8 Å². The number of carbonyl (C=O) groups excluding carboxylic acids is 1. The van der Waals surface area contributed by atoms with E-state index in [1.54, 1.807) is 6.07 Å². The number of hydrogen-bond acceptors (Lipinski definition) is 5. The van der Waals surface area contributed by atoms with Crippen LogP contribution in [0.25, 0.3) is 0 Å². The first-order valence-electron chi connectivity index (χ1n) is 6.01. The van der Waals surface area contributed by atoms with E-state index in [-0.39, 0.29) is 23.7 Å². The van der Waals surface area contributed by atoms with Crippen LogP contribution in [0.1, 0.15) is 40.8 Å². The van der Waals surface area contributed by atoms with Gasteiger partial charge in [0.2, 0.25) is 0 Å². The third kappa shape index (κ3) is 2.70. The molecule has 2 N–H and O–H groups in total. The van der Waals surface area contributed by atoms with Crippen molar-refractivity contribution in [2.45, 2.75) is 25.3 Å². The molecule has 7 nitrogen and oxygen atoms in total. The smallest absolute Gasteiger partial charge is 0.270 e. The molecule has 19 heavy (non-hydrogen) atoms. The van der Waals surface area contributed by atoms with Crippen molar-refractivity contribution in [1.82, 2.24) is 20.4 Å². The summed E-state index contributed by atoms with van der Waals surface area (Å²) < 4.78 is 4.66. The van der Waals surface area contributed by atoms with E-state index >= 15 is 0 Å². The highest BCUT2D eigenvalue weighted by Crippen LogP contribution is 2.37. The van der Waals surface area contributed by atoms with E-state index in [1.807, 2.05) is 0 Å². The van der Waals surface area contributed by atoms with Crippen molar-refractivity contribution in [3.8, 4) is 0 Å². The molecule has 2 aromatic heterocycles. The molecule has 1 fully saturated rings. The zero-order valence-corrected chi connectivity index (χ0v) is 10.0. The Morgan fingerprint density at radius 2 is 2.37 bits per heavy atom. The zero-order chi connectivity index (χ0) is 13.2. The highest BCUT2D eigenvalue weighted by molar-refractivity contribution is 5.92. The second kappa shape index (κ2) is 4.68. The Hall–Kier alpha value is -2.44. The number of amides is 1. The molecule has 0 radical (unpaired) electrons. The van der Waals surface area contributed by atoms with Crippen LogP contribution in [0, 0.1) is 0 Å². The molecule has 0 aromatic carbocycles. The van der Waals surface area contributed by atoms with Gasteiger partial charge < -0.3 is 14.8 Å². The summed E-state index contributed by atoms with van der Waals surface area (Å²) in [4.78, 5) is 30.2. The Labute approximate surface area is 108 Å². The number of nitrogens with zero attached hydrogens (tertiary/aromatic N) is 2. The van der Waals surface area contributed by atoms with Crippen LogP contribution in [0.4, 0.5) is 0 Å². The quantitative estimate of drug-likeness (QED) is 0.836. The molecule has 0 spiro atoms. The van der Waals surface area contributed by atoms with E-state index in [9.17, 15) is 9.59 Å². The molecule has 2 heterocycles. The van der Waals surface area contributed by atoms with Crippen molar-refractivity contribution < 1.29 is 9.32 Å². The summed E-state index contributed by atoms with van der Waals surface area (Å²) in [6.07, 6.45) is 3.44. The molecule has 1 saturated carbocycles. The summed E-state index contributed by atoms with van der Waals surface area (Å²) in [6.45, 7) is 0.239. The third-order valence-corrected chi connectivity index (χ3v) is 2.88. The van der Waals surface area contributed by atoms with Crippen LogP contribution in [0.2, 0.25) is 0 Å². The van der Waals surface area contributed by atoms with Crippen molar-refractivity contribution in [2.24, 2.45) is 0 Å². The summed E-state index contributed by atoms with van der Waals surface area (Å²) in [7, 11) is 0. The Kier molecular flexibility index (Phi) is 2.86. The van der Waals surface area contributed by atoms with Gasteiger partial charge in [-0.25, -0.2) is 4.98 Å². The molecule has 3 rings (SSSR count). The van der Waals surface area contributed by atoms with Crippen LogP contribution in [0.15, 0.2) is 27.7 Å². The van der Waals surface area contributed by atoms with E-state index in [1.165, 1.54) is 12.3 Å². The number of nitrogens with one attached hydrogen (secondary N) is 2. The van der Waals surface area contributed by atoms with Gasteiger partial charge in [-0.2, -0.15) is 0 Å². The van der Waals surface area contributed by atoms with Crippen molar-refractivity contribution in [3.05, 3.63) is 46.0 Å². The maximum atomic E-state index is 11.9. The predicted molar refractivity (Wildman–Crippen MR) is 64.5 cm³/mol. The van der Waals surface area contributed by atoms with Gasteiger partial charge in [-0.05, 0) is 12.8 Å². The molecule has 0 saturated heterocycles. The molecule has 1 aliphatic rings. The average molecular weight is 260 g/mol. The lowest BCUT2D eigenvalue weighted by molar-refractivity contribution is 0.0944. The monoisotopic (exact) mass is 260 g/mol. The molecule has 98 valence electrons. The van der Waals surface area contributed by atoms with Gasteiger partial charge >= 0.3 is 0 Å². The summed E-state index contributed by atoms with van der Waals surface area (Å²) in [6, 6.07) is 2.85. The minimum absolute atomic E-state index is 0.133. The van der Waals surface area contributed by atoms with Gasteiger partial charge in [0.1, 0.15) is 23.5 Å². The van der Waals surface area contributed by atoms with Gasteiger partial charge in [0.05, 0.1) is 6.54 Å². The fourth-order valence-corrected chi connectivity index (χ4v) is 1.73. The van der Waals surface area contributed by atoms with E-state index in [2.05, 4.69) is 25.0 Å². The maximum absolute atomic E-state index is 11.9. The summed E-state index contributed by atoms with van der Waals surface area (Å²) in [5.74, 6) is 0.492. The Morgan fingerprint density at radius 3 is 3.05 bits per heavy atom. The van der Waals surface area contributed by atoms with Crippen LogP contribution >= 0.6 is 0 Å². The number of H-pyrrole nitrogens is 1. The molecule has 1 aliphatic carbocycles.